The van der Waals surface area contributed by atoms with Crippen LogP contribution in [0.2, 0.25) is 0 Å². The van der Waals surface area contributed by atoms with E-state index in [9.17, 15) is 4.79 Å². The summed E-state index contributed by atoms with van der Waals surface area (Å²) in [5.41, 5.74) is 7.77. The Morgan fingerprint density at radius 3 is 2.83 bits per heavy atom. The largest absolute Gasteiger partial charge is 0.449 e. The zero-order valence-corrected chi connectivity index (χ0v) is 10.9. The van der Waals surface area contributed by atoms with Crippen molar-refractivity contribution in [1.29, 1.82) is 0 Å². The first-order valence-corrected chi connectivity index (χ1v) is 6.36. The zero-order valence-electron chi connectivity index (χ0n) is 10.9. The third-order valence-electron chi connectivity index (χ3n) is 3.29. The predicted molar refractivity (Wildman–Crippen MR) is 71.8 cm³/mol. The van der Waals surface area contributed by atoms with Crippen LogP contribution in [-0.2, 0) is 4.74 Å². The smallest absolute Gasteiger partial charge is 0.414 e. The normalized spacial score (nSPS) is 20.1. The summed E-state index contributed by atoms with van der Waals surface area (Å²) in [6, 6.07) is 7.96. The van der Waals surface area contributed by atoms with Gasteiger partial charge in [0.2, 0.25) is 0 Å². The second-order valence-corrected chi connectivity index (χ2v) is 5.00. The molecule has 1 aromatic carbocycles. The summed E-state index contributed by atoms with van der Waals surface area (Å²) >= 11 is 0. The van der Waals surface area contributed by atoms with Crippen LogP contribution in [0.1, 0.15) is 25.3 Å². The predicted octanol–water partition coefficient (Wildman–Crippen LogP) is 2.34. The molecule has 18 heavy (non-hydrogen) atoms. The van der Waals surface area contributed by atoms with Crippen LogP contribution in [0.4, 0.5) is 10.5 Å². The molecular weight excluding hydrogens is 228 g/mol. The number of ether oxygens (including phenoxy) is 1. The Labute approximate surface area is 108 Å². The molecule has 0 aliphatic carbocycles. The fourth-order valence-corrected chi connectivity index (χ4v) is 2.21. The van der Waals surface area contributed by atoms with Crippen LogP contribution >= 0.6 is 0 Å². The Morgan fingerprint density at radius 1 is 1.44 bits per heavy atom. The number of benzene rings is 1. The number of cyclic esters (lactones) is 1. The summed E-state index contributed by atoms with van der Waals surface area (Å²) in [4.78, 5) is 13.6. The van der Waals surface area contributed by atoms with Crippen molar-refractivity contribution in [2.24, 2.45) is 11.7 Å². The average molecular weight is 248 g/mol. The van der Waals surface area contributed by atoms with E-state index in [1.165, 1.54) is 0 Å². The Morgan fingerprint density at radius 2 is 2.17 bits per heavy atom. The molecule has 0 saturated carbocycles. The standard InChI is InChI=1S/C14H20N2O2/c1-10(2)12-5-3-4-6-13(12)16-8-11(7-15)9-18-14(16)17/h3-6,10-11H,7-9,15H2,1-2H3. The van der Waals surface area contributed by atoms with Crippen molar-refractivity contribution in [3.8, 4) is 0 Å². The maximum absolute atomic E-state index is 11.9. The van der Waals surface area contributed by atoms with Crippen LogP contribution in [0, 0.1) is 5.92 Å². The van der Waals surface area contributed by atoms with Crippen molar-refractivity contribution in [2.75, 3.05) is 24.6 Å². The SMILES string of the molecule is CC(C)c1ccccc1N1CC(CN)COC1=O. The number of hydrogen-bond acceptors (Lipinski definition) is 3. The number of carbonyl (C=O) groups is 1. The lowest BCUT2D eigenvalue weighted by Crippen LogP contribution is -2.46. The maximum atomic E-state index is 11.9. The van der Waals surface area contributed by atoms with E-state index in [2.05, 4.69) is 19.9 Å². The van der Waals surface area contributed by atoms with Gasteiger partial charge in [0.25, 0.3) is 0 Å². The van der Waals surface area contributed by atoms with Crippen molar-refractivity contribution < 1.29 is 9.53 Å². The Kier molecular flexibility index (Phi) is 3.87. The van der Waals surface area contributed by atoms with Crippen LogP contribution in [-0.4, -0.2) is 25.8 Å². The minimum atomic E-state index is -0.271. The summed E-state index contributed by atoms with van der Waals surface area (Å²) < 4.78 is 5.19. The Balaban J connectivity index is 2.31. The van der Waals surface area contributed by atoms with Crippen LogP contribution in [0.5, 0.6) is 0 Å². The third-order valence-corrected chi connectivity index (χ3v) is 3.29. The van der Waals surface area contributed by atoms with E-state index < -0.39 is 0 Å². The average Bonchev–Trinajstić information content (AvgIpc) is 2.39. The molecule has 0 spiro atoms. The summed E-state index contributed by atoms with van der Waals surface area (Å²) in [6.45, 7) is 5.84. The van der Waals surface area contributed by atoms with Gasteiger partial charge in [-0.25, -0.2) is 4.79 Å². The molecule has 1 aliphatic heterocycles. The van der Waals surface area contributed by atoms with Gasteiger partial charge in [-0.2, -0.15) is 0 Å². The molecule has 0 radical (unpaired) electrons. The number of para-hydroxylation sites is 1. The van der Waals surface area contributed by atoms with Gasteiger partial charge in [-0.05, 0) is 17.5 Å². The van der Waals surface area contributed by atoms with Crippen LogP contribution in [0.15, 0.2) is 24.3 Å². The van der Waals surface area contributed by atoms with Gasteiger partial charge in [0.1, 0.15) is 0 Å². The highest BCUT2D eigenvalue weighted by Crippen LogP contribution is 2.29. The number of anilines is 1. The lowest BCUT2D eigenvalue weighted by atomic mass is 9.99. The first kappa shape index (κ1) is 12.9. The molecule has 1 saturated heterocycles. The Hall–Kier alpha value is -1.55. The topological polar surface area (TPSA) is 55.6 Å². The molecule has 1 heterocycles. The minimum Gasteiger partial charge on any atom is -0.449 e. The summed E-state index contributed by atoms with van der Waals surface area (Å²) in [5.74, 6) is 0.579. The van der Waals surface area contributed by atoms with Crippen LogP contribution in [0.25, 0.3) is 0 Å². The Bertz CT molecular complexity index is 432. The van der Waals surface area contributed by atoms with Gasteiger partial charge >= 0.3 is 6.09 Å². The molecule has 0 bridgehead atoms. The molecule has 0 aromatic heterocycles. The summed E-state index contributed by atoms with van der Waals surface area (Å²) in [6.07, 6.45) is -0.271. The summed E-state index contributed by atoms with van der Waals surface area (Å²) in [5, 5.41) is 0. The number of amides is 1. The second kappa shape index (κ2) is 5.40. The zero-order chi connectivity index (χ0) is 13.1. The van der Waals surface area contributed by atoms with E-state index in [1.807, 2.05) is 18.2 Å². The molecule has 4 nitrogen and oxygen atoms in total. The van der Waals surface area contributed by atoms with E-state index in [0.717, 1.165) is 11.3 Å². The molecule has 1 amide bonds. The minimum absolute atomic E-state index is 0.211. The number of rotatable bonds is 3. The highest BCUT2D eigenvalue weighted by Gasteiger charge is 2.29. The summed E-state index contributed by atoms with van der Waals surface area (Å²) in [7, 11) is 0. The quantitative estimate of drug-likeness (QED) is 0.893. The second-order valence-electron chi connectivity index (χ2n) is 5.00. The number of carbonyl (C=O) groups excluding carboxylic acids is 1. The molecule has 2 rings (SSSR count). The molecule has 4 heteroatoms. The van der Waals surface area contributed by atoms with Gasteiger partial charge in [-0.15, -0.1) is 0 Å². The molecule has 1 aliphatic rings. The van der Waals surface area contributed by atoms with E-state index >= 15 is 0 Å². The lowest BCUT2D eigenvalue weighted by Gasteiger charge is -2.33. The van der Waals surface area contributed by atoms with Gasteiger partial charge in [0.05, 0.1) is 12.3 Å². The first-order chi connectivity index (χ1) is 8.63. The number of hydrogen-bond donors (Lipinski definition) is 1. The van der Waals surface area contributed by atoms with Crippen molar-refractivity contribution in [2.45, 2.75) is 19.8 Å². The van der Waals surface area contributed by atoms with Gasteiger partial charge in [0, 0.05) is 19.0 Å². The number of nitrogens with zero attached hydrogens (tertiary/aromatic N) is 1. The van der Waals surface area contributed by atoms with E-state index in [0.29, 0.717) is 25.6 Å². The van der Waals surface area contributed by atoms with Crippen LogP contribution in [0.3, 0.4) is 0 Å². The fraction of sp³-hybridized carbons (Fsp3) is 0.500. The van der Waals surface area contributed by atoms with Crippen molar-refractivity contribution >= 4 is 11.8 Å². The molecule has 1 unspecified atom stereocenters. The van der Waals surface area contributed by atoms with Gasteiger partial charge in [-0.1, -0.05) is 32.0 Å². The van der Waals surface area contributed by atoms with Gasteiger partial charge in [0.15, 0.2) is 0 Å². The maximum Gasteiger partial charge on any atom is 0.414 e. The molecule has 1 aromatic rings. The molecule has 1 fully saturated rings. The van der Waals surface area contributed by atoms with Crippen LogP contribution < -0.4 is 10.6 Å². The van der Waals surface area contributed by atoms with Crippen molar-refractivity contribution in [3.05, 3.63) is 29.8 Å². The van der Waals surface area contributed by atoms with E-state index in [4.69, 9.17) is 10.5 Å². The van der Waals surface area contributed by atoms with Gasteiger partial charge in [-0.3, -0.25) is 4.90 Å². The highest BCUT2D eigenvalue weighted by atomic mass is 16.6. The highest BCUT2D eigenvalue weighted by molar-refractivity contribution is 5.89. The monoisotopic (exact) mass is 248 g/mol. The lowest BCUT2D eigenvalue weighted by molar-refractivity contribution is 0.117. The number of nitrogens with two attached hydrogens (primary N) is 1. The molecule has 1 atom stereocenters. The van der Waals surface area contributed by atoms with Crippen molar-refractivity contribution in [3.63, 3.8) is 0 Å². The molecule has 2 N–H and O–H groups in total. The third kappa shape index (κ3) is 2.48. The van der Waals surface area contributed by atoms with E-state index in [-0.39, 0.29) is 12.0 Å². The van der Waals surface area contributed by atoms with Crippen molar-refractivity contribution in [1.82, 2.24) is 0 Å². The molecular formula is C14H20N2O2. The molecule has 98 valence electrons. The first-order valence-electron chi connectivity index (χ1n) is 6.36. The fourth-order valence-electron chi connectivity index (χ4n) is 2.21. The van der Waals surface area contributed by atoms with Gasteiger partial charge < -0.3 is 10.5 Å². The van der Waals surface area contributed by atoms with E-state index in [1.54, 1.807) is 4.90 Å².